The number of likely N-dealkylation sites (tertiary alicyclic amines) is 1. The molecule has 0 aromatic rings. The Labute approximate surface area is 92.9 Å². The average Bonchev–Trinajstić information content (AvgIpc) is 2.20. The first kappa shape index (κ1) is 12.3. The second-order valence-corrected chi connectivity index (χ2v) is 4.15. The molecule has 4 nitrogen and oxygen atoms in total. The predicted octanol–water partition coefficient (Wildman–Crippen LogP) is 0.787. The van der Waals surface area contributed by atoms with E-state index in [2.05, 4.69) is 15.2 Å². The van der Waals surface area contributed by atoms with Crippen LogP contribution in [0.2, 0.25) is 0 Å². The van der Waals surface area contributed by atoms with Gasteiger partial charge >= 0.3 is 0 Å². The standard InChI is InChI=1S/C11H24N4/c1-13-11(12)14-7-10-15-8-5-3-2-4-6-9-15/h2-10H2,1H3,(H3,12,13,14). The quantitative estimate of drug-likeness (QED) is 0.537. The van der Waals surface area contributed by atoms with Gasteiger partial charge in [0.05, 0.1) is 0 Å². The summed E-state index contributed by atoms with van der Waals surface area (Å²) in [6.07, 6.45) is 6.89. The van der Waals surface area contributed by atoms with Crippen LogP contribution >= 0.6 is 0 Å². The van der Waals surface area contributed by atoms with Crippen LogP contribution in [0.5, 0.6) is 0 Å². The van der Waals surface area contributed by atoms with Crippen LogP contribution in [0, 0.1) is 0 Å². The summed E-state index contributed by atoms with van der Waals surface area (Å²) in [5.41, 5.74) is 5.56. The van der Waals surface area contributed by atoms with Crippen LogP contribution in [0.4, 0.5) is 0 Å². The first-order valence-corrected chi connectivity index (χ1v) is 6.01. The fraction of sp³-hybridized carbons (Fsp3) is 0.909. The zero-order valence-electron chi connectivity index (χ0n) is 9.84. The number of nitrogens with zero attached hydrogens (tertiary/aromatic N) is 2. The van der Waals surface area contributed by atoms with Crippen molar-refractivity contribution in [1.29, 1.82) is 0 Å². The van der Waals surface area contributed by atoms with E-state index in [4.69, 9.17) is 5.73 Å². The summed E-state index contributed by atoms with van der Waals surface area (Å²) in [6.45, 7) is 4.47. The largest absolute Gasteiger partial charge is 0.370 e. The van der Waals surface area contributed by atoms with Crippen molar-refractivity contribution in [3.05, 3.63) is 0 Å². The van der Waals surface area contributed by atoms with Gasteiger partial charge in [0, 0.05) is 20.1 Å². The minimum Gasteiger partial charge on any atom is -0.370 e. The van der Waals surface area contributed by atoms with Crippen LogP contribution in [0.15, 0.2) is 4.99 Å². The maximum absolute atomic E-state index is 5.56. The van der Waals surface area contributed by atoms with Gasteiger partial charge in [-0.15, -0.1) is 0 Å². The van der Waals surface area contributed by atoms with Crippen molar-refractivity contribution in [2.45, 2.75) is 32.1 Å². The molecular weight excluding hydrogens is 188 g/mol. The van der Waals surface area contributed by atoms with Gasteiger partial charge in [-0.05, 0) is 25.9 Å². The summed E-state index contributed by atoms with van der Waals surface area (Å²) in [7, 11) is 1.71. The van der Waals surface area contributed by atoms with Crippen LogP contribution in [-0.4, -0.2) is 44.1 Å². The van der Waals surface area contributed by atoms with Crippen molar-refractivity contribution in [2.24, 2.45) is 10.7 Å². The van der Waals surface area contributed by atoms with E-state index in [9.17, 15) is 0 Å². The van der Waals surface area contributed by atoms with Crippen molar-refractivity contribution in [1.82, 2.24) is 10.2 Å². The third-order valence-electron chi connectivity index (χ3n) is 2.92. The van der Waals surface area contributed by atoms with Gasteiger partial charge in [0.1, 0.15) is 0 Å². The Kier molecular flexibility index (Phi) is 6.16. The van der Waals surface area contributed by atoms with Crippen molar-refractivity contribution in [2.75, 3.05) is 33.2 Å². The molecular formula is C11H24N4. The maximum atomic E-state index is 5.56. The second-order valence-electron chi connectivity index (χ2n) is 4.15. The molecule has 0 bridgehead atoms. The number of guanidine groups is 1. The van der Waals surface area contributed by atoms with E-state index in [1.165, 1.54) is 45.2 Å². The maximum Gasteiger partial charge on any atom is 0.188 e. The summed E-state index contributed by atoms with van der Waals surface area (Å²) in [6, 6.07) is 0. The lowest BCUT2D eigenvalue weighted by Crippen LogP contribution is -2.39. The minimum atomic E-state index is 0.544. The van der Waals surface area contributed by atoms with E-state index in [0.717, 1.165) is 13.1 Å². The van der Waals surface area contributed by atoms with Crippen LogP contribution in [-0.2, 0) is 0 Å². The van der Waals surface area contributed by atoms with Gasteiger partial charge in [0.15, 0.2) is 5.96 Å². The Morgan fingerprint density at radius 1 is 1.20 bits per heavy atom. The molecule has 0 spiro atoms. The third kappa shape index (κ3) is 5.62. The van der Waals surface area contributed by atoms with Crippen LogP contribution in [0.25, 0.3) is 0 Å². The van der Waals surface area contributed by atoms with E-state index >= 15 is 0 Å². The van der Waals surface area contributed by atoms with Gasteiger partial charge < -0.3 is 16.0 Å². The zero-order valence-corrected chi connectivity index (χ0v) is 9.84. The molecule has 0 amide bonds. The second kappa shape index (κ2) is 7.51. The Bertz CT molecular complexity index is 183. The summed E-state index contributed by atoms with van der Waals surface area (Å²) < 4.78 is 0. The number of hydrogen-bond donors (Lipinski definition) is 2. The number of rotatable bonds is 3. The Morgan fingerprint density at radius 2 is 1.80 bits per heavy atom. The molecule has 0 aromatic heterocycles. The molecule has 88 valence electrons. The molecule has 0 radical (unpaired) electrons. The SMILES string of the molecule is CN=C(N)NCCN1CCCCCCC1. The summed E-state index contributed by atoms with van der Waals surface area (Å²) in [4.78, 5) is 6.39. The molecule has 0 atom stereocenters. The molecule has 1 rings (SSSR count). The number of hydrogen-bond acceptors (Lipinski definition) is 2. The highest BCUT2D eigenvalue weighted by molar-refractivity contribution is 5.77. The van der Waals surface area contributed by atoms with E-state index in [1.54, 1.807) is 7.05 Å². The molecule has 0 saturated carbocycles. The highest BCUT2D eigenvalue weighted by Crippen LogP contribution is 2.09. The molecule has 1 heterocycles. The molecule has 1 saturated heterocycles. The molecule has 15 heavy (non-hydrogen) atoms. The first-order chi connectivity index (χ1) is 7.33. The van der Waals surface area contributed by atoms with Crippen LogP contribution in [0.3, 0.4) is 0 Å². The van der Waals surface area contributed by atoms with E-state index in [1.807, 2.05) is 0 Å². The van der Waals surface area contributed by atoms with E-state index in [-0.39, 0.29) is 0 Å². The van der Waals surface area contributed by atoms with Crippen LogP contribution < -0.4 is 11.1 Å². The van der Waals surface area contributed by atoms with Crippen LogP contribution in [0.1, 0.15) is 32.1 Å². The Balaban J connectivity index is 2.12. The zero-order chi connectivity index (χ0) is 10.9. The summed E-state index contributed by atoms with van der Waals surface area (Å²) in [5, 5.41) is 3.10. The molecule has 4 heteroatoms. The van der Waals surface area contributed by atoms with Gasteiger partial charge in [-0.3, -0.25) is 4.99 Å². The normalized spacial score (nSPS) is 20.7. The fourth-order valence-electron chi connectivity index (χ4n) is 1.96. The smallest absolute Gasteiger partial charge is 0.188 e. The fourth-order valence-corrected chi connectivity index (χ4v) is 1.96. The van der Waals surface area contributed by atoms with Gasteiger partial charge in [0.2, 0.25) is 0 Å². The molecule has 3 N–H and O–H groups in total. The lowest BCUT2D eigenvalue weighted by Gasteiger charge is -2.24. The summed E-state index contributed by atoms with van der Waals surface area (Å²) >= 11 is 0. The van der Waals surface area contributed by atoms with Crippen molar-refractivity contribution >= 4 is 5.96 Å². The molecule has 0 aliphatic carbocycles. The van der Waals surface area contributed by atoms with Gasteiger partial charge in [0.25, 0.3) is 0 Å². The third-order valence-corrected chi connectivity index (χ3v) is 2.92. The monoisotopic (exact) mass is 212 g/mol. The van der Waals surface area contributed by atoms with Crippen molar-refractivity contribution < 1.29 is 0 Å². The topological polar surface area (TPSA) is 53.6 Å². The summed E-state index contributed by atoms with van der Waals surface area (Å²) in [5.74, 6) is 0.544. The van der Waals surface area contributed by atoms with Gasteiger partial charge in [-0.25, -0.2) is 0 Å². The highest BCUT2D eigenvalue weighted by atomic mass is 15.2. The molecule has 0 unspecified atom stereocenters. The molecule has 0 aromatic carbocycles. The van der Waals surface area contributed by atoms with E-state index in [0.29, 0.717) is 5.96 Å². The van der Waals surface area contributed by atoms with Gasteiger partial charge in [-0.1, -0.05) is 19.3 Å². The number of aliphatic imine (C=N–C) groups is 1. The highest BCUT2D eigenvalue weighted by Gasteiger charge is 2.07. The first-order valence-electron chi connectivity index (χ1n) is 6.01. The predicted molar refractivity (Wildman–Crippen MR) is 65.1 cm³/mol. The lowest BCUT2D eigenvalue weighted by molar-refractivity contribution is 0.251. The minimum absolute atomic E-state index is 0.544. The average molecular weight is 212 g/mol. The lowest BCUT2D eigenvalue weighted by atomic mass is 10.1. The number of nitrogens with one attached hydrogen (secondary N) is 1. The van der Waals surface area contributed by atoms with Gasteiger partial charge in [-0.2, -0.15) is 0 Å². The molecule has 1 aliphatic rings. The molecule has 1 aliphatic heterocycles. The number of nitrogens with two attached hydrogens (primary N) is 1. The Hall–Kier alpha value is -0.770. The molecule has 1 fully saturated rings. The van der Waals surface area contributed by atoms with E-state index < -0.39 is 0 Å². The van der Waals surface area contributed by atoms with Crippen molar-refractivity contribution in [3.8, 4) is 0 Å². The van der Waals surface area contributed by atoms with Crippen molar-refractivity contribution in [3.63, 3.8) is 0 Å². The Morgan fingerprint density at radius 3 is 2.40 bits per heavy atom.